The molecule has 0 saturated heterocycles. The molecule has 13 nitrogen and oxygen atoms in total. The lowest BCUT2D eigenvalue weighted by Crippen LogP contribution is -2.34. The summed E-state index contributed by atoms with van der Waals surface area (Å²) >= 11 is 11.4. The van der Waals surface area contributed by atoms with Crippen LogP contribution in [-0.2, 0) is 0 Å². The smallest absolute Gasteiger partial charge is 0.326 e. The maximum Gasteiger partial charge on any atom is 0.326 e. The number of nitrogens with one attached hydrogen (secondary N) is 2. The van der Waals surface area contributed by atoms with Crippen LogP contribution in [0.15, 0.2) is 48.8 Å². The second-order valence-electron chi connectivity index (χ2n) is 6.05. The number of anilines is 1. The summed E-state index contributed by atoms with van der Waals surface area (Å²) < 4.78 is 5.27. The van der Waals surface area contributed by atoms with Gasteiger partial charge < -0.3 is 10.1 Å². The Balaban J connectivity index is 1.75. The van der Waals surface area contributed by atoms with Gasteiger partial charge in [0.15, 0.2) is 0 Å². The molecule has 0 aliphatic heterocycles. The summed E-state index contributed by atoms with van der Waals surface area (Å²) in [7, 11) is 0. The molecule has 0 aliphatic rings. The summed E-state index contributed by atoms with van der Waals surface area (Å²) in [4.78, 5) is 52.9. The van der Waals surface area contributed by atoms with E-state index in [-0.39, 0.29) is 27.5 Å². The van der Waals surface area contributed by atoms with Crippen LogP contribution in [0.2, 0.25) is 10.0 Å². The largest absolute Gasteiger partial charge is 0.417 e. The third kappa shape index (κ3) is 5.87. The molecule has 0 atom stereocenters. The van der Waals surface area contributed by atoms with Gasteiger partial charge in [0.2, 0.25) is 5.75 Å². The topological polar surface area (TPSA) is 179 Å². The van der Waals surface area contributed by atoms with Gasteiger partial charge in [-0.1, -0.05) is 23.2 Å². The average molecular weight is 493 g/mol. The van der Waals surface area contributed by atoms with Crippen molar-refractivity contribution in [1.82, 2.24) is 15.3 Å². The van der Waals surface area contributed by atoms with E-state index in [9.17, 15) is 29.8 Å². The van der Waals surface area contributed by atoms with Crippen molar-refractivity contribution < 1.29 is 24.2 Å². The van der Waals surface area contributed by atoms with Crippen molar-refractivity contribution in [3.8, 4) is 11.8 Å². The molecule has 0 spiro atoms. The molecule has 33 heavy (non-hydrogen) atoms. The number of rotatable bonds is 6. The number of ether oxygens (including phenoxy) is 1. The third-order valence-corrected chi connectivity index (χ3v) is 4.27. The summed E-state index contributed by atoms with van der Waals surface area (Å²) in [5.41, 5.74) is -1.61. The quantitative estimate of drug-likeness (QED) is 0.373. The van der Waals surface area contributed by atoms with Crippen LogP contribution >= 0.6 is 23.2 Å². The summed E-state index contributed by atoms with van der Waals surface area (Å²) in [6.45, 7) is 0. The number of nitro benzene ring substituents is 2. The molecule has 168 valence electrons. The Hall–Kier alpha value is -4.36. The van der Waals surface area contributed by atoms with Crippen molar-refractivity contribution in [2.75, 3.05) is 5.32 Å². The highest BCUT2D eigenvalue weighted by Crippen LogP contribution is 2.32. The van der Waals surface area contributed by atoms with Gasteiger partial charge in [-0.15, -0.1) is 0 Å². The molecule has 3 rings (SSSR count). The number of imide groups is 1. The molecule has 15 heteroatoms. The van der Waals surface area contributed by atoms with Crippen molar-refractivity contribution in [3.05, 3.63) is 84.6 Å². The first kappa shape index (κ1) is 23.3. The van der Waals surface area contributed by atoms with Gasteiger partial charge >= 0.3 is 17.7 Å². The van der Waals surface area contributed by atoms with E-state index < -0.39 is 38.7 Å². The van der Waals surface area contributed by atoms with Crippen LogP contribution in [0.4, 0.5) is 21.9 Å². The van der Waals surface area contributed by atoms with Crippen molar-refractivity contribution >= 4 is 52.2 Å². The van der Waals surface area contributed by atoms with Gasteiger partial charge in [0.05, 0.1) is 27.3 Å². The Morgan fingerprint density at radius 3 is 2.21 bits per heavy atom. The zero-order valence-corrected chi connectivity index (χ0v) is 17.5. The minimum atomic E-state index is -1.09. The Labute approximate surface area is 193 Å². The van der Waals surface area contributed by atoms with Gasteiger partial charge in [0, 0.05) is 22.8 Å². The Kier molecular flexibility index (Phi) is 6.95. The fraction of sp³-hybridized carbons (Fsp3) is 0. The molecule has 2 N–H and O–H groups in total. The SMILES string of the molecule is O=C(NC(=O)c1ccc(Cl)cc1[N+](=O)[O-])Nc1ccc(Oc2ncc(Cl)cn2)c([N+](=O)[O-])c1. The van der Waals surface area contributed by atoms with E-state index in [0.29, 0.717) is 0 Å². The van der Waals surface area contributed by atoms with E-state index in [1.165, 1.54) is 30.6 Å². The van der Waals surface area contributed by atoms with Gasteiger partial charge in [0.1, 0.15) is 5.56 Å². The predicted molar refractivity (Wildman–Crippen MR) is 115 cm³/mol. The van der Waals surface area contributed by atoms with Gasteiger partial charge in [-0.3, -0.25) is 30.3 Å². The Morgan fingerprint density at radius 1 is 0.909 bits per heavy atom. The molecular weight excluding hydrogens is 483 g/mol. The molecule has 3 aromatic rings. The fourth-order valence-electron chi connectivity index (χ4n) is 2.46. The number of amides is 3. The Bertz CT molecular complexity index is 1270. The zero-order valence-electron chi connectivity index (χ0n) is 16.0. The van der Waals surface area contributed by atoms with Crippen LogP contribution in [0, 0.1) is 20.2 Å². The lowest BCUT2D eigenvalue weighted by atomic mass is 10.1. The summed E-state index contributed by atoms with van der Waals surface area (Å²) in [5, 5.41) is 26.9. The van der Waals surface area contributed by atoms with E-state index in [1.54, 1.807) is 0 Å². The van der Waals surface area contributed by atoms with Crippen LogP contribution in [0.1, 0.15) is 10.4 Å². The second kappa shape index (κ2) is 9.84. The minimum absolute atomic E-state index is 0.0290. The van der Waals surface area contributed by atoms with Crippen LogP contribution < -0.4 is 15.4 Å². The first-order valence-electron chi connectivity index (χ1n) is 8.64. The molecule has 1 aromatic heterocycles. The normalized spacial score (nSPS) is 10.2. The monoisotopic (exact) mass is 492 g/mol. The van der Waals surface area contributed by atoms with Crippen LogP contribution in [-0.4, -0.2) is 31.8 Å². The van der Waals surface area contributed by atoms with Crippen molar-refractivity contribution in [2.24, 2.45) is 0 Å². The molecule has 2 aromatic carbocycles. The molecule has 1 heterocycles. The number of carbonyl (C=O) groups is 2. The van der Waals surface area contributed by atoms with Gasteiger partial charge in [-0.05, 0) is 24.3 Å². The van der Waals surface area contributed by atoms with Crippen LogP contribution in [0.5, 0.6) is 11.8 Å². The predicted octanol–water partition coefficient (Wildman–Crippen LogP) is 4.35. The second-order valence-corrected chi connectivity index (χ2v) is 6.93. The number of urea groups is 1. The number of aromatic nitrogens is 2. The van der Waals surface area contributed by atoms with Crippen molar-refractivity contribution in [3.63, 3.8) is 0 Å². The summed E-state index contributed by atoms with van der Waals surface area (Å²) in [6, 6.07) is 5.41. The molecule has 0 radical (unpaired) electrons. The van der Waals surface area contributed by atoms with E-state index in [0.717, 1.165) is 18.2 Å². The molecule has 3 amide bonds. The lowest BCUT2D eigenvalue weighted by molar-refractivity contribution is -0.385. The first-order valence-corrected chi connectivity index (χ1v) is 9.39. The number of nitro groups is 2. The van der Waals surface area contributed by atoms with Crippen LogP contribution in [0.25, 0.3) is 0 Å². The first-order chi connectivity index (χ1) is 15.6. The van der Waals surface area contributed by atoms with Crippen molar-refractivity contribution in [2.45, 2.75) is 0 Å². The van der Waals surface area contributed by atoms with E-state index in [1.807, 2.05) is 5.32 Å². The molecule has 0 bridgehead atoms. The molecule has 0 saturated carbocycles. The molecule has 0 unspecified atom stereocenters. The molecular formula is C18H10Cl2N6O7. The maximum absolute atomic E-state index is 12.3. The number of hydrogen-bond donors (Lipinski definition) is 2. The summed E-state index contributed by atoms with van der Waals surface area (Å²) in [6.07, 6.45) is 2.47. The number of nitrogens with zero attached hydrogens (tertiary/aromatic N) is 4. The third-order valence-electron chi connectivity index (χ3n) is 3.84. The van der Waals surface area contributed by atoms with E-state index in [4.69, 9.17) is 27.9 Å². The average Bonchev–Trinajstić information content (AvgIpc) is 2.75. The van der Waals surface area contributed by atoms with Crippen molar-refractivity contribution in [1.29, 1.82) is 0 Å². The molecule has 0 aliphatic carbocycles. The highest BCUT2D eigenvalue weighted by atomic mass is 35.5. The maximum atomic E-state index is 12.3. The number of carbonyl (C=O) groups excluding carboxylic acids is 2. The minimum Gasteiger partial charge on any atom is -0.417 e. The van der Waals surface area contributed by atoms with E-state index in [2.05, 4.69) is 15.3 Å². The standard InChI is InChI=1S/C18H10Cl2N6O7/c19-9-1-3-12(13(5-9)25(29)30)16(27)24-17(28)23-11-2-4-15(14(6-11)26(31)32)33-18-21-7-10(20)8-22-18/h1-8H,(H2,23,24,27,28). The highest BCUT2D eigenvalue weighted by Gasteiger charge is 2.23. The van der Waals surface area contributed by atoms with Gasteiger partial charge in [-0.2, -0.15) is 0 Å². The number of hydrogen-bond acceptors (Lipinski definition) is 9. The fourth-order valence-corrected chi connectivity index (χ4v) is 2.72. The summed E-state index contributed by atoms with van der Waals surface area (Å²) in [5.74, 6) is -1.30. The van der Waals surface area contributed by atoms with E-state index >= 15 is 0 Å². The Morgan fingerprint density at radius 2 is 1.58 bits per heavy atom. The lowest BCUT2D eigenvalue weighted by Gasteiger charge is -2.09. The van der Waals surface area contributed by atoms with Gasteiger partial charge in [0.25, 0.3) is 11.6 Å². The zero-order chi connectivity index (χ0) is 24.1. The van der Waals surface area contributed by atoms with Gasteiger partial charge in [-0.25, -0.2) is 14.8 Å². The highest BCUT2D eigenvalue weighted by molar-refractivity contribution is 6.31. The number of benzene rings is 2. The van der Waals surface area contributed by atoms with Crippen LogP contribution in [0.3, 0.4) is 0 Å². The molecule has 0 fully saturated rings. The number of halogens is 2.